The molecule has 1 saturated heterocycles. The van der Waals surface area contributed by atoms with Crippen LogP contribution < -0.4 is 11.0 Å². The van der Waals surface area contributed by atoms with Crippen molar-refractivity contribution < 1.29 is 9.47 Å². The highest BCUT2D eigenvalue weighted by Gasteiger charge is 2.34. The normalized spacial score (nSPS) is 23.7. The average Bonchev–Trinajstić information content (AvgIpc) is 3.09. The molecule has 0 spiro atoms. The number of hydrogen-bond donors (Lipinski definition) is 3. The third-order valence-corrected chi connectivity index (χ3v) is 4.27. The highest BCUT2D eigenvalue weighted by molar-refractivity contribution is 5.75. The van der Waals surface area contributed by atoms with E-state index in [1.807, 2.05) is 18.2 Å². The van der Waals surface area contributed by atoms with Crippen molar-refractivity contribution in [2.45, 2.75) is 25.0 Å². The monoisotopic (exact) mass is 291 g/mol. The SMILES string of the molecule is COC1(CNC(C)c2ccc3[nH]c(=O)[nH]c3c2)CCOC1. The molecule has 3 rings (SSSR count). The fourth-order valence-electron chi connectivity index (χ4n) is 2.74. The number of ether oxygens (including phenoxy) is 2. The average molecular weight is 291 g/mol. The fraction of sp³-hybridized carbons (Fsp3) is 0.533. The Hall–Kier alpha value is -1.63. The molecule has 0 bridgehead atoms. The summed E-state index contributed by atoms with van der Waals surface area (Å²) in [4.78, 5) is 16.8. The number of aromatic nitrogens is 2. The molecule has 114 valence electrons. The summed E-state index contributed by atoms with van der Waals surface area (Å²) in [5.41, 5.74) is 2.39. The Kier molecular flexibility index (Phi) is 3.84. The van der Waals surface area contributed by atoms with Crippen LogP contribution in [0.2, 0.25) is 0 Å². The lowest BCUT2D eigenvalue weighted by Crippen LogP contribution is -2.43. The van der Waals surface area contributed by atoms with Gasteiger partial charge in [-0.2, -0.15) is 0 Å². The third-order valence-electron chi connectivity index (χ3n) is 4.27. The maximum absolute atomic E-state index is 11.3. The van der Waals surface area contributed by atoms with Gasteiger partial charge in [0.2, 0.25) is 0 Å². The molecule has 3 N–H and O–H groups in total. The van der Waals surface area contributed by atoms with Crippen molar-refractivity contribution >= 4 is 11.0 Å². The lowest BCUT2D eigenvalue weighted by atomic mass is 10.0. The third kappa shape index (κ3) is 2.88. The Morgan fingerprint density at radius 2 is 2.24 bits per heavy atom. The highest BCUT2D eigenvalue weighted by Crippen LogP contribution is 2.23. The van der Waals surface area contributed by atoms with Crippen LogP contribution in [0.4, 0.5) is 0 Å². The molecule has 2 unspecified atom stereocenters. The minimum Gasteiger partial charge on any atom is -0.378 e. The van der Waals surface area contributed by atoms with Gasteiger partial charge in [-0.3, -0.25) is 0 Å². The maximum atomic E-state index is 11.3. The Labute approximate surface area is 122 Å². The van der Waals surface area contributed by atoms with Gasteiger partial charge in [0.15, 0.2) is 0 Å². The van der Waals surface area contributed by atoms with Gasteiger partial charge in [0.1, 0.15) is 5.60 Å². The fourth-order valence-corrected chi connectivity index (χ4v) is 2.74. The van der Waals surface area contributed by atoms with Crippen molar-refractivity contribution in [2.75, 3.05) is 26.9 Å². The first-order valence-electron chi connectivity index (χ1n) is 7.20. The summed E-state index contributed by atoms with van der Waals surface area (Å²) in [5.74, 6) is 0. The molecule has 2 aromatic rings. The van der Waals surface area contributed by atoms with Crippen LogP contribution in [-0.4, -0.2) is 42.4 Å². The number of hydrogen-bond acceptors (Lipinski definition) is 4. The summed E-state index contributed by atoms with van der Waals surface area (Å²) in [6.07, 6.45) is 0.910. The molecule has 6 nitrogen and oxygen atoms in total. The van der Waals surface area contributed by atoms with Crippen molar-refractivity contribution in [2.24, 2.45) is 0 Å². The quantitative estimate of drug-likeness (QED) is 0.776. The molecule has 1 aromatic heterocycles. The van der Waals surface area contributed by atoms with E-state index in [1.54, 1.807) is 7.11 Å². The van der Waals surface area contributed by atoms with E-state index in [0.29, 0.717) is 6.61 Å². The van der Waals surface area contributed by atoms with E-state index >= 15 is 0 Å². The molecule has 0 amide bonds. The van der Waals surface area contributed by atoms with Gasteiger partial charge in [-0.05, 0) is 24.6 Å². The van der Waals surface area contributed by atoms with Gasteiger partial charge in [-0.1, -0.05) is 6.07 Å². The first-order chi connectivity index (χ1) is 10.1. The predicted octanol–water partition coefficient (Wildman–Crippen LogP) is 1.31. The van der Waals surface area contributed by atoms with E-state index in [0.717, 1.165) is 36.2 Å². The van der Waals surface area contributed by atoms with Crippen LogP contribution in [0, 0.1) is 0 Å². The molecule has 1 fully saturated rings. The molecule has 6 heteroatoms. The summed E-state index contributed by atoms with van der Waals surface area (Å²) in [6.45, 7) is 4.23. The smallest absolute Gasteiger partial charge is 0.323 e. The second-order valence-corrected chi connectivity index (χ2v) is 5.68. The first-order valence-corrected chi connectivity index (χ1v) is 7.20. The maximum Gasteiger partial charge on any atom is 0.323 e. The number of fused-ring (bicyclic) bond motifs is 1. The molecule has 1 aliphatic rings. The number of imidazole rings is 1. The van der Waals surface area contributed by atoms with Gasteiger partial charge in [0, 0.05) is 32.7 Å². The van der Waals surface area contributed by atoms with Crippen molar-refractivity contribution in [1.29, 1.82) is 0 Å². The van der Waals surface area contributed by atoms with Crippen molar-refractivity contribution in [3.63, 3.8) is 0 Å². The molecule has 21 heavy (non-hydrogen) atoms. The van der Waals surface area contributed by atoms with E-state index in [2.05, 4.69) is 22.2 Å². The van der Waals surface area contributed by atoms with Crippen LogP contribution in [0.25, 0.3) is 11.0 Å². The van der Waals surface area contributed by atoms with E-state index in [9.17, 15) is 4.79 Å². The zero-order valence-electron chi connectivity index (χ0n) is 12.4. The molecular formula is C15H21N3O3. The summed E-state index contributed by atoms with van der Waals surface area (Å²) in [7, 11) is 1.73. The van der Waals surface area contributed by atoms with Gasteiger partial charge in [0.05, 0.1) is 17.6 Å². The minimum atomic E-state index is -0.221. The molecule has 0 radical (unpaired) electrons. The minimum absolute atomic E-state index is 0.167. The summed E-state index contributed by atoms with van der Waals surface area (Å²) in [6, 6.07) is 6.11. The second-order valence-electron chi connectivity index (χ2n) is 5.68. The van der Waals surface area contributed by atoms with Gasteiger partial charge < -0.3 is 24.8 Å². The van der Waals surface area contributed by atoms with Crippen LogP contribution in [0.3, 0.4) is 0 Å². The zero-order valence-corrected chi connectivity index (χ0v) is 12.4. The Morgan fingerprint density at radius 1 is 1.43 bits per heavy atom. The van der Waals surface area contributed by atoms with Gasteiger partial charge >= 0.3 is 5.69 Å². The lowest BCUT2D eigenvalue weighted by Gasteiger charge is -2.28. The van der Waals surface area contributed by atoms with Gasteiger partial charge in [-0.25, -0.2) is 4.79 Å². The Morgan fingerprint density at radius 3 is 2.95 bits per heavy atom. The first kappa shape index (κ1) is 14.3. The van der Waals surface area contributed by atoms with Gasteiger partial charge in [-0.15, -0.1) is 0 Å². The predicted molar refractivity (Wildman–Crippen MR) is 80.5 cm³/mol. The van der Waals surface area contributed by atoms with E-state index in [1.165, 1.54) is 0 Å². The topological polar surface area (TPSA) is 79.1 Å². The standard InChI is InChI=1S/C15H21N3O3/c1-10(16-8-15(20-2)5-6-21-9-15)11-3-4-12-13(7-11)18-14(19)17-12/h3-4,7,10,16H,5-6,8-9H2,1-2H3,(H2,17,18,19). The lowest BCUT2D eigenvalue weighted by molar-refractivity contribution is -0.0172. The van der Waals surface area contributed by atoms with E-state index in [-0.39, 0.29) is 17.3 Å². The molecular weight excluding hydrogens is 270 g/mol. The van der Waals surface area contributed by atoms with Crippen LogP contribution >= 0.6 is 0 Å². The Balaban J connectivity index is 1.71. The number of benzene rings is 1. The van der Waals surface area contributed by atoms with Crippen molar-refractivity contribution in [3.8, 4) is 0 Å². The Bertz CT molecular complexity index is 670. The van der Waals surface area contributed by atoms with Crippen LogP contribution in [0.15, 0.2) is 23.0 Å². The molecule has 0 aliphatic carbocycles. The summed E-state index contributed by atoms with van der Waals surface area (Å²) in [5, 5.41) is 3.50. The van der Waals surface area contributed by atoms with Crippen LogP contribution in [-0.2, 0) is 9.47 Å². The summed E-state index contributed by atoms with van der Waals surface area (Å²) >= 11 is 0. The van der Waals surface area contributed by atoms with Crippen LogP contribution in [0.1, 0.15) is 24.9 Å². The zero-order chi connectivity index (χ0) is 14.9. The number of aromatic amines is 2. The van der Waals surface area contributed by atoms with Crippen molar-refractivity contribution in [3.05, 3.63) is 34.2 Å². The second kappa shape index (κ2) is 5.63. The van der Waals surface area contributed by atoms with Crippen LogP contribution in [0.5, 0.6) is 0 Å². The number of H-pyrrole nitrogens is 2. The number of methoxy groups -OCH3 is 1. The molecule has 1 aliphatic heterocycles. The molecule has 1 aromatic carbocycles. The highest BCUT2D eigenvalue weighted by atomic mass is 16.5. The molecule has 0 saturated carbocycles. The van der Waals surface area contributed by atoms with Gasteiger partial charge in [0.25, 0.3) is 0 Å². The largest absolute Gasteiger partial charge is 0.378 e. The number of rotatable bonds is 5. The van der Waals surface area contributed by atoms with E-state index < -0.39 is 0 Å². The molecule has 2 atom stereocenters. The number of nitrogens with one attached hydrogen (secondary N) is 3. The summed E-state index contributed by atoms with van der Waals surface area (Å²) < 4.78 is 11.1. The van der Waals surface area contributed by atoms with Crippen molar-refractivity contribution in [1.82, 2.24) is 15.3 Å². The van der Waals surface area contributed by atoms with E-state index in [4.69, 9.17) is 9.47 Å². The molecule has 2 heterocycles.